The maximum atomic E-state index is 15.9. The van der Waals surface area contributed by atoms with Crippen LogP contribution < -0.4 is 5.73 Å². The van der Waals surface area contributed by atoms with Crippen molar-refractivity contribution >= 4 is 33.6 Å². The molecule has 0 heterocycles. The van der Waals surface area contributed by atoms with Crippen LogP contribution in [0, 0.1) is 0 Å². The Hall–Kier alpha value is -3.23. The number of unbranched alkanes of at least 4 members (excludes halogenated alkanes) is 1. The van der Waals surface area contributed by atoms with E-state index in [9.17, 15) is 9.59 Å². The SMILES string of the molecule is CCCCC(OC(=O)c1cc(Br)c(N)c(CN(CC)C2CCCCC2)c1)OC(=O)[C@@](C)(F)c1ccc(-c2ccccc2)cc1. The predicted octanol–water partition coefficient (Wildman–Crippen LogP) is 8.95. The third kappa shape index (κ3) is 8.48. The summed E-state index contributed by atoms with van der Waals surface area (Å²) in [5.41, 5.74) is 7.74. The molecule has 2 atom stereocenters. The Labute approximate surface area is 269 Å². The number of anilines is 1. The van der Waals surface area contributed by atoms with Crippen LogP contribution in [0.15, 0.2) is 71.2 Å². The van der Waals surface area contributed by atoms with Gasteiger partial charge in [0.1, 0.15) is 0 Å². The van der Waals surface area contributed by atoms with E-state index in [0.29, 0.717) is 29.2 Å². The number of nitrogen functional groups attached to an aromatic ring is 1. The zero-order chi connectivity index (χ0) is 31.7. The molecule has 6 nitrogen and oxygen atoms in total. The Kier molecular flexibility index (Phi) is 12.0. The Morgan fingerprint density at radius 1 is 1.00 bits per heavy atom. The fourth-order valence-corrected chi connectivity index (χ4v) is 6.24. The van der Waals surface area contributed by atoms with Gasteiger partial charge in [0.2, 0.25) is 12.0 Å². The predicted molar refractivity (Wildman–Crippen MR) is 177 cm³/mol. The average molecular weight is 668 g/mol. The summed E-state index contributed by atoms with van der Waals surface area (Å²) in [6.45, 7) is 6.78. The van der Waals surface area contributed by atoms with Gasteiger partial charge in [0.15, 0.2) is 0 Å². The van der Waals surface area contributed by atoms with E-state index >= 15 is 4.39 Å². The Bertz CT molecular complexity index is 1390. The Morgan fingerprint density at radius 3 is 2.30 bits per heavy atom. The lowest BCUT2D eigenvalue weighted by atomic mass is 9.93. The summed E-state index contributed by atoms with van der Waals surface area (Å²) >= 11 is 3.51. The highest BCUT2D eigenvalue weighted by Gasteiger charge is 2.39. The van der Waals surface area contributed by atoms with Gasteiger partial charge in [-0.1, -0.05) is 94.1 Å². The van der Waals surface area contributed by atoms with Crippen LogP contribution in [-0.4, -0.2) is 35.7 Å². The Balaban J connectivity index is 1.47. The van der Waals surface area contributed by atoms with Gasteiger partial charge in [0.05, 0.1) is 11.3 Å². The van der Waals surface area contributed by atoms with Gasteiger partial charge in [-0.05, 0) is 77.5 Å². The van der Waals surface area contributed by atoms with Gasteiger partial charge in [0.25, 0.3) is 0 Å². The minimum absolute atomic E-state index is 0.160. The number of ether oxygens (including phenoxy) is 2. The molecule has 1 unspecified atom stereocenters. The topological polar surface area (TPSA) is 81.9 Å². The number of hydrogen-bond acceptors (Lipinski definition) is 6. The molecule has 0 aliphatic heterocycles. The number of carbonyl (C=O) groups excluding carboxylic acids is 2. The largest absolute Gasteiger partial charge is 0.423 e. The van der Waals surface area contributed by atoms with Crippen LogP contribution >= 0.6 is 15.9 Å². The maximum Gasteiger partial charge on any atom is 0.351 e. The highest BCUT2D eigenvalue weighted by atomic mass is 79.9. The van der Waals surface area contributed by atoms with Crippen molar-refractivity contribution in [3.8, 4) is 11.1 Å². The van der Waals surface area contributed by atoms with E-state index in [0.717, 1.165) is 42.5 Å². The summed E-state index contributed by atoms with van der Waals surface area (Å²) in [4.78, 5) is 28.9. The van der Waals surface area contributed by atoms with Crippen LogP contribution in [0.25, 0.3) is 11.1 Å². The molecule has 1 saturated carbocycles. The van der Waals surface area contributed by atoms with Crippen molar-refractivity contribution in [2.75, 3.05) is 12.3 Å². The maximum absolute atomic E-state index is 15.9. The number of nitrogens with zero attached hydrogens (tertiary/aromatic N) is 1. The first-order valence-corrected chi connectivity index (χ1v) is 16.5. The molecule has 1 fully saturated rings. The molecule has 3 aromatic rings. The number of halogens is 2. The zero-order valence-corrected chi connectivity index (χ0v) is 27.6. The number of carbonyl (C=O) groups is 2. The van der Waals surface area contributed by atoms with Gasteiger partial charge in [-0.3, -0.25) is 4.90 Å². The fourth-order valence-electron chi connectivity index (χ4n) is 5.74. The third-order valence-corrected chi connectivity index (χ3v) is 9.17. The van der Waals surface area contributed by atoms with E-state index in [-0.39, 0.29) is 17.5 Å². The van der Waals surface area contributed by atoms with E-state index < -0.39 is 23.9 Å². The molecule has 0 aromatic heterocycles. The molecule has 236 valence electrons. The summed E-state index contributed by atoms with van der Waals surface area (Å²) in [5.74, 6) is -1.77. The first-order valence-electron chi connectivity index (χ1n) is 15.7. The third-order valence-electron chi connectivity index (χ3n) is 8.51. The summed E-state index contributed by atoms with van der Waals surface area (Å²) in [5, 5.41) is 0. The molecule has 2 N–H and O–H groups in total. The fraction of sp³-hybridized carbons (Fsp3) is 0.444. The molecular weight excluding hydrogens is 623 g/mol. The van der Waals surface area contributed by atoms with Gasteiger partial charge in [0, 0.05) is 29.0 Å². The summed E-state index contributed by atoms with van der Waals surface area (Å²) < 4.78 is 27.7. The molecule has 3 aromatic carbocycles. The van der Waals surface area contributed by atoms with Gasteiger partial charge in [-0.25, -0.2) is 14.0 Å². The van der Waals surface area contributed by atoms with Crippen molar-refractivity contribution in [3.05, 3.63) is 87.9 Å². The van der Waals surface area contributed by atoms with Crippen LogP contribution in [0.5, 0.6) is 0 Å². The van der Waals surface area contributed by atoms with E-state index in [1.54, 1.807) is 36.4 Å². The number of benzene rings is 3. The molecule has 44 heavy (non-hydrogen) atoms. The summed E-state index contributed by atoms with van der Waals surface area (Å²) in [7, 11) is 0. The van der Waals surface area contributed by atoms with Gasteiger partial charge in [-0.15, -0.1) is 0 Å². The molecule has 0 saturated heterocycles. The van der Waals surface area contributed by atoms with Crippen molar-refractivity contribution in [3.63, 3.8) is 0 Å². The quantitative estimate of drug-likeness (QED) is 0.111. The summed E-state index contributed by atoms with van der Waals surface area (Å²) in [6, 6.07) is 20.3. The van der Waals surface area contributed by atoms with Crippen molar-refractivity contribution < 1.29 is 23.5 Å². The molecule has 1 aliphatic carbocycles. The van der Waals surface area contributed by atoms with E-state index in [1.807, 2.05) is 37.3 Å². The molecule has 0 spiro atoms. The number of rotatable bonds is 13. The first-order chi connectivity index (χ1) is 21.1. The smallest absolute Gasteiger partial charge is 0.351 e. The Morgan fingerprint density at radius 2 is 1.66 bits per heavy atom. The highest BCUT2D eigenvalue weighted by Crippen LogP contribution is 2.32. The molecular formula is C36H44BrFN2O4. The average Bonchev–Trinajstić information content (AvgIpc) is 3.04. The second kappa shape index (κ2) is 15.7. The number of nitrogens with two attached hydrogens (primary N) is 1. The van der Waals surface area contributed by atoms with Crippen molar-refractivity contribution in [1.29, 1.82) is 0 Å². The second-order valence-electron chi connectivity index (χ2n) is 11.7. The lowest BCUT2D eigenvalue weighted by molar-refractivity contribution is -0.183. The van der Waals surface area contributed by atoms with E-state index in [2.05, 4.69) is 27.8 Å². The zero-order valence-electron chi connectivity index (χ0n) is 26.0. The van der Waals surface area contributed by atoms with Gasteiger partial charge < -0.3 is 15.2 Å². The summed E-state index contributed by atoms with van der Waals surface area (Å²) in [6.07, 6.45) is 6.47. The second-order valence-corrected chi connectivity index (χ2v) is 12.6. The minimum atomic E-state index is -2.44. The lowest BCUT2D eigenvalue weighted by Crippen LogP contribution is -2.36. The number of alkyl halides is 1. The van der Waals surface area contributed by atoms with E-state index in [4.69, 9.17) is 15.2 Å². The number of esters is 2. The molecule has 0 radical (unpaired) electrons. The van der Waals surface area contributed by atoms with Crippen LogP contribution in [0.4, 0.5) is 10.1 Å². The molecule has 8 heteroatoms. The van der Waals surface area contributed by atoms with Gasteiger partial charge >= 0.3 is 11.9 Å². The molecule has 0 bridgehead atoms. The van der Waals surface area contributed by atoms with Crippen LogP contribution in [0.2, 0.25) is 0 Å². The van der Waals surface area contributed by atoms with Crippen molar-refractivity contribution in [2.45, 2.75) is 96.7 Å². The molecule has 0 amide bonds. The lowest BCUT2D eigenvalue weighted by Gasteiger charge is -2.34. The van der Waals surface area contributed by atoms with Crippen molar-refractivity contribution in [2.24, 2.45) is 0 Å². The van der Waals surface area contributed by atoms with Gasteiger partial charge in [-0.2, -0.15) is 0 Å². The number of hydrogen-bond donors (Lipinski definition) is 1. The van der Waals surface area contributed by atoms with Crippen molar-refractivity contribution in [1.82, 2.24) is 4.90 Å². The van der Waals surface area contributed by atoms with Crippen LogP contribution in [0.3, 0.4) is 0 Å². The highest BCUT2D eigenvalue weighted by molar-refractivity contribution is 9.10. The minimum Gasteiger partial charge on any atom is -0.423 e. The normalized spacial score (nSPS) is 15.9. The van der Waals surface area contributed by atoms with E-state index in [1.165, 1.54) is 26.2 Å². The van der Waals surface area contributed by atoms with Crippen LogP contribution in [-0.2, 0) is 26.5 Å². The standard InChI is InChI=1S/C36H44BrFN2O4/c1-4-6-17-32(44-35(42)36(3,38)29-20-18-26(19-21-29)25-13-9-7-10-14-25)43-34(41)27-22-28(33(39)31(37)23-27)24-40(5-2)30-15-11-8-12-16-30/h7,9-10,13-14,18-23,30,32H,4-6,8,11-12,15-17,24,39H2,1-3H3/t32?,36-/m0/s1. The molecule has 4 rings (SSSR count). The molecule has 1 aliphatic rings. The first kappa shape index (κ1) is 33.7. The monoisotopic (exact) mass is 666 g/mol. The van der Waals surface area contributed by atoms with Crippen LogP contribution in [0.1, 0.15) is 93.6 Å².